The van der Waals surface area contributed by atoms with Crippen LogP contribution in [0.25, 0.3) is 0 Å². The minimum absolute atomic E-state index is 0.0181. The summed E-state index contributed by atoms with van der Waals surface area (Å²) in [6.45, 7) is 11.3. The highest BCUT2D eigenvalue weighted by molar-refractivity contribution is 7.91. The zero-order valence-electron chi connectivity index (χ0n) is 16.4. The molecular weight excluding hydrogens is 381 g/mol. The Hall–Kier alpha value is -1.74. The average Bonchev–Trinajstić information content (AvgIpc) is 2.45. The number of benzene rings is 1. The molecule has 0 aliphatic carbocycles. The molecule has 1 rings (SSSR count). The van der Waals surface area contributed by atoms with Gasteiger partial charge in [0.2, 0.25) is 0 Å². The highest BCUT2D eigenvalue weighted by Gasteiger charge is 2.28. The van der Waals surface area contributed by atoms with Gasteiger partial charge in [0.1, 0.15) is 27.5 Å². The van der Waals surface area contributed by atoms with Crippen molar-refractivity contribution in [2.24, 2.45) is 4.40 Å². The summed E-state index contributed by atoms with van der Waals surface area (Å²) in [5.41, 5.74) is -2.05. The number of carbonyl (C=O) groups excluding carboxylic acids is 1. The topological polar surface area (TPSA) is 73.8 Å². The van der Waals surface area contributed by atoms with E-state index in [1.165, 1.54) is 6.92 Å². The summed E-state index contributed by atoms with van der Waals surface area (Å²) in [6, 6.07) is 1.99. The molecule has 1 aromatic carbocycles. The van der Waals surface area contributed by atoms with Crippen molar-refractivity contribution >= 4 is 28.9 Å². The van der Waals surface area contributed by atoms with Gasteiger partial charge in [-0.2, -0.15) is 0 Å². The van der Waals surface area contributed by atoms with Gasteiger partial charge in [0.05, 0.1) is 11.3 Å². The van der Waals surface area contributed by atoms with Crippen LogP contribution in [0.1, 0.15) is 66.0 Å². The SMILES string of the molecule is C/C(=N/[S@+]([O-])C(C)(C)C)c1cc(NC(=O)OC(C)(C)C)cc(C(F)F)c1F. The van der Waals surface area contributed by atoms with E-state index in [1.54, 1.807) is 41.5 Å². The Morgan fingerprint density at radius 1 is 1.22 bits per heavy atom. The van der Waals surface area contributed by atoms with Crippen molar-refractivity contribution in [2.75, 3.05) is 5.32 Å². The number of rotatable bonds is 4. The van der Waals surface area contributed by atoms with E-state index in [4.69, 9.17) is 4.74 Å². The van der Waals surface area contributed by atoms with E-state index in [0.29, 0.717) is 0 Å². The molecule has 27 heavy (non-hydrogen) atoms. The molecule has 5 nitrogen and oxygen atoms in total. The number of nitrogens with one attached hydrogen (secondary N) is 1. The molecule has 9 heteroatoms. The molecule has 0 bridgehead atoms. The van der Waals surface area contributed by atoms with Crippen LogP contribution in [-0.4, -0.2) is 26.7 Å². The van der Waals surface area contributed by atoms with Crippen LogP contribution in [0.3, 0.4) is 0 Å². The second-order valence-corrected chi connectivity index (χ2v) is 9.80. The van der Waals surface area contributed by atoms with E-state index in [2.05, 4.69) is 9.71 Å². The first-order chi connectivity index (χ1) is 12.1. The number of carbonyl (C=O) groups is 1. The van der Waals surface area contributed by atoms with Gasteiger partial charge >= 0.3 is 6.09 Å². The third-order valence-electron chi connectivity index (χ3n) is 3.11. The van der Waals surface area contributed by atoms with E-state index in [9.17, 15) is 22.5 Å². The van der Waals surface area contributed by atoms with E-state index < -0.39 is 45.6 Å². The number of ether oxygens (including phenoxy) is 1. The Balaban J connectivity index is 3.34. The lowest BCUT2D eigenvalue weighted by atomic mass is 10.0. The minimum atomic E-state index is -3.11. The fourth-order valence-electron chi connectivity index (χ4n) is 1.87. The highest BCUT2D eigenvalue weighted by atomic mass is 32.2. The van der Waals surface area contributed by atoms with E-state index >= 15 is 0 Å². The molecule has 1 aromatic rings. The van der Waals surface area contributed by atoms with Gasteiger partial charge in [-0.05, 0) is 60.6 Å². The number of anilines is 1. The lowest BCUT2D eigenvalue weighted by Crippen LogP contribution is -2.27. The molecule has 0 saturated carbocycles. The molecule has 0 radical (unpaired) electrons. The van der Waals surface area contributed by atoms with Crippen LogP contribution in [0.4, 0.5) is 23.7 Å². The van der Waals surface area contributed by atoms with Crippen molar-refractivity contribution in [2.45, 2.75) is 65.2 Å². The maximum atomic E-state index is 14.5. The summed E-state index contributed by atoms with van der Waals surface area (Å²) in [5, 5.41) is 2.31. The monoisotopic (exact) mass is 406 g/mol. The van der Waals surface area contributed by atoms with E-state index in [1.807, 2.05) is 0 Å². The predicted molar refractivity (Wildman–Crippen MR) is 101 cm³/mol. The standard InChI is InChI=1S/C18H25F3N2O3S/c1-10(23-27(25)18(5,6)7)12-8-11(9-13(14(12)19)15(20)21)22-16(24)26-17(2,3)4/h8-9,15H,1-7H3,(H,22,24)/b23-10-/t27-/m1/s1. The first kappa shape index (κ1) is 23.3. The maximum absolute atomic E-state index is 14.5. The van der Waals surface area contributed by atoms with Crippen molar-refractivity contribution in [3.63, 3.8) is 0 Å². The minimum Gasteiger partial charge on any atom is -0.591 e. The van der Waals surface area contributed by atoms with Crippen molar-refractivity contribution < 1.29 is 27.3 Å². The van der Waals surface area contributed by atoms with Crippen LogP contribution in [0, 0.1) is 5.82 Å². The van der Waals surface area contributed by atoms with Gasteiger partial charge in [-0.25, -0.2) is 18.0 Å². The predicted octanol–water partition coefficient (Wildman–Crippen LogP) is 5.38. The lowest BCUT2D eigenvalue weighted by molar-refractivity contribution is 0.0635. The Morgan fingerprint density at radius 3 is 2.22 bits per heavy atom. The third kappa shape index (κ3) is 7.06. The van der Waals surface area contributed by atoms with Gasteiger partial charge in [-0.3, -0.25) is 5.32 Å². The molecule has 0 saturated heterocycles. The Labute approximate surface area is 160 Å². The lowest BCUT2D eigenvalue weighted by Gasteiger charge is -2.21. The molecule has 0 aliphatic rings. The van der Waals surface area contributed by atoms with Gasteiger partial charge in [-0.1, -0.05) is 4.40 Å². The van der Waals surface area contributed by atoms with E-state index in [-0.39, 0.29) is 17.0 Å². The highest BCUT2D eigenvalue weighted by Crippen LogP contribution is 2.29. The van der Waals surface area contributed by atoms with E-state index in [0.717, 1.165) is 12.1 Å². The summed E-state index contributed by atoms with van der Waals surface area (Å²) in [5.74, 6) is -1.17. The third-order valence-corrected chi connectivity index (χ3v) is 4.60. The number of alkyl halides is 2. The summed E-state index contributed by atoms with van der Waals surface area (Å²) in [4.78, 5) is 11.9. The largest absolute Gasteiger partial charge is 0.591 e. The second-order valence-electron chi connectivity index (χ2n) is 7.89. The first-order valence-corrected chi connectivity index (χ1v) is 9.31. The molecule has 1 N–H and O–H groups in total. The van der Waals surface area contributed by atoms with Crippen molar-refractivity contribution in [1.82, 2.24) is 0 Å². The second kappa shape index (κ2) is 8.52. The molecule has 0 aromatic heterocycles. The van der Waals surface area contributed by atoms with Gasteiger partial charge < -0.3 is 9.29 Å². The average molecular weight is 406 g/mol. The molecule has 1 amide bonds. The molecular formula is C18H25F3N2O3S. The Bertz CT molecular complexity index is 726. The number of halogens is 3. The van der Waals surface area contributed by atoms with Gasteiger partial charge in [0.25, 0.3) is 6.43 Å². The molecule has 0 spiro atoms. The molecule has 0 unspecified atom stereocenters. The number of hydrogen-bond acceptors (Lipinski definition) is 4. The van der Waals surface area contributed by atoms with Crippen LogP contribution in [0.2, 0.25) is 0 Å². The summed E-state index contributed by atoms with van der Waals surface area (Å²) >= 11 is -1.70. The molecule has 1 atom stereocenters. The Kier molecular flexibility index (Phi) is 7.35. The zero-order chi connectivity index (χ0) is 21.2. The fourth-order valence-corrected chi connectivity index (χ4v) is 2.49. The molecule has 0 aliphatic heterocycles. The van der Waals surface area contributed by atoms with Crippen molar-refractivity contribution in [3.8, 4) is 0 Å². The Morgan fingerprint density at radius 2 is 1.78 bits per heavy atom. The van der Waals surface area contributed by atoms with Crippen LogP contribution < -0.4 is 5.32 Å². The van der Waals surface area contributed by atoms with Crippen LogP contribution >= 0.6 is 0 Å². The number of amides is 1. The van der Waals surface area contributed by atoms with Crippen LogP contribution in [-0.2, 0) is 16.1 Å². The van der Waals surface area contributed by atoms with Gasteiger partial charge in [-0.15, -0.1) is 0 Å². The molecule has 152 valence electrons. The number of hydrogen-bond donors (Lipinski definition) is 1. The molecule has 0 fully saturated rings. The summed E-state index contributed by atoms with van der Waals surface area (Å²) < 4.78 is 61.4. The number of nitrogens with zero attached hydrogens (tertiary/aromatic N) is 1. The summed E-state index contributed by atoms with van der Waals surface area (Å²) in [6.07, 6.45) is -3.97. The van der Waals surface area contributed by atoms with Crippen LogP contribution in [0.15, 0.2) is 16.5 Å². The summed E-state index contributed by atoms with van der Waals surface area (Å²) in [7, 11) is 0. The van der Waals surface area contributed by atoms with Crippen LogP contribution in [0.5, 0.6) is 0 Å². The first-order valence-electron chi connectivity index (χ1n) is 8.21. The zero-order valence-corrected chi connectivity index (χ0v) is 17.3. The maximum Gasteiger partial charge on any atom is 0.412 e. The smallest absolute Gasteiger partial charge is 0.412 e. The normalized spacial score (nSPS) is 14.3. The molecule has 0 heterocycles. The van der Waals surface area contributed by atoms with Gasteiger partial charge in [0, 0.05) is 11.3 Å². The van der Waals surface area contributed by atoms with Gasteiger partial charge in [0.15, 0.2) is 0 Å². The van der Waals surface area contributed by atoms with Crippen molar-refractivity contribution in [3.05, 3.63) is 29.1 Å². The quantitative estimate of drug-likeness (QED) is 0.539. The fraction of sp³-hybridized carbons (Fsp3) is 0.556. The van der Waals surface area contributed by atoms with Crippen molar-refractivity contribution in [1.29, 1.82) is 0 Å².